The third-order valence-electron chi connectivity index (χ3n) is 4.42. The SMILES string of the molecule is COc1ccc(CN2CCCC(N(C)CC(=O)O)CC2)cc1Cl. The molecule has 5 nitrogen and oxygen atoms in total. The van der Waals surface area contributed by atoms with Crippen molar-refractivity contribution in [2.24, 2.45) is 0 Å². The molecule has 6 heteroatoms. The quantitative estimate of drug-likeness (QED) is 0.863. The van der Waals surface area contributed by atoms with Crippen LogP contribution in [0.4, 0.5) is 0 Å². The highest BCUT2D eigenvalue weighted by molar-refractivity contribution is 6.32. The maximum absolute atomic E-state index is 10.9. The molecular formula is C17H25ClN2O3. The van der Waals surface area contributed by atoms with Gasteiger partial charge in [0.15, 0.2) is 0 Å². The van der Waals surface area contributed by atoms with Crippen LogP contribution in [0.5, 0.6) is 5.75 Å². The van der Waals surface area contributed by atoms with Crippen LogP contribution in [0.1, 0.15) is 24.8 Å². The van der Waals surface area contributed by atoms with Crippen molar-refractivity contribution in [3.8, 4) is 5.75 Å². The lowest BCUT2D eigenvalue weighted by atomic mass is 10.1. The van der Waals surface area contributed by atoms with Crippen molar-refractivity contribution in [2.45, 2.75) is 31.8 Å². The molecule has 1 atom stereocenters. The number of benzene rings is 1. The zero-order chi connectivity index (χ0) is 16.8. The molecule has 23 heavy (non-hydrogen) atoms. The zero-order valence-corrected chi connectivity index (χ0v) is 14.6. The minimum atomic E-state index is -0.763. The van der Waals surface area contributed by atoms with E-state index >= 15 is 0 Å². The number of aliphatic carboxylic acids is 1. The largest absolute Gasteiger partial charge is 0.495 e. The molecule has 0 radical (unpaired) electrons. The second-order valence-electron chi connectivity index (χ2n) is 6.14. The number of likely N-dealkylation sites (N-methyl/N-ethyl adjacent to an activating group) is 1. The van der Waals surface area contributed by atoms with Gasteiger partial charge >= 0.3 is 5.97 Å². The van der Waals surface area contributed by atoms with Crippen molar-refractivity contribution < 1.29 is 14.6 Å². The third kappa shape index (κ3) is 5.37. The molecule has 2 rings (SSSR count). The predicted octanol–water partition coefficient (Wildman–Crippen LogP) is 2.72. The van der Waals surface area contributed by atoms with Crippen molar-refractivity contribution in [3.63, 3.8) is 0 Å². The van der Waals surface area contributed by atoms with E-state index in [-0.39, 0.29) is 6.54 Å². The molecule has 1 aliphatic heterocycles. The number of nitrogens with zero attached hydrogens (tertiary/aromatic N) is 2. The lowest BCUT2D eigenvalue weighted by Gasteiger charge is -2.25. The van der Waals surface area contributed by atoms with E-state index in [1.165, 1.54) is 5.56 Å². The molecule has 0 aliphatic carbocycles. The van der Waals surface area contributed by atoms with Gasteiger partial charge in [0.2, 0.25) is 0 Å². The number of methoxy groups -OCH3 is 1. The standard InChI is InChI=1S/C17H25ClN2O3/c1-19(12-17(21)22)14-4-3-8-20(9-7-14)11-13-5-6-16(23-2)15(18)10-13/h5-6,10,14H,3-4,7-9,11-12H2,1-2H3,(H,21,22). The van der Waals surface area contributed by atoms with Crippen molar-refractivity contribution >= 4 is 17.6 Å². The topological polar surface area (TPSA) is 53.0 Å². The van der Waals surface area contributed by atoms with Crippen LogP contribution >= 0.6 is 11.6 Å². The monoisotopic (exact) mass is 340 g/mol. The molecular weight excluding hydrogens is 316 g/mol. The summed E-state index contributed by atoms with van der Waals surface area (Å²) in [6.07, 6.45) is 3.12. The van der Waals surface area contributed by atoms with Crippen LogP contribution in [-0.4, -0.2) is 60.7 Å². The predicted molar refractivity (Wildman–Crippen MR) is 91.2 cm³/mol. The molecule has 1 aromatic rings. The van der Waals surface area contributed by atoms with Gasteiger partial charge in [-0.1, -0.05) is 17.7 Å². The smallest absolute Gasteiger partial charge is 0.317 e. The number of carbonyl (C=O) groups is 1. The fourth-order valence-corrected chi connectivity index (χ4v) is 3.43. The van der Waals surface area contributed by atoms with E-state index in [1.54, 1.807) is 7.11 Å². The minimum Gasteiger partial charge on any atom is -0.495 e. The summed E-state index contributed by atoms with van der Waals surface area (Å²) >= 11 is 6.19. The van der Waals surface area contributed by atoms with Gasteiger partial charge in [-0.05, 0) is 57.1 Å². The summed E-state index contributed by atoms with van der Waals surface area (Å²) in [6, 6.07) is 6.25. The first-order valence-electron chi connectivity index (χ1n) is 7.96. The van der Waals surface area contributed by atoms with Crippen LogP contribution in [0.2, 0.25) is 5.02 Å². The van der Waals surface area contributed by atoms with E-state index in [4.69, 9.17) is 21.4 Å². The highest BCUT2D eigenvalue weighted by Gasteiger charge is 2.21. The molecule has 0 spiro atoms. The van der Waals surface area contributed by atoms with Crippen molar-refractivity contribution in [3.05, 3.63) is 28.8 Å². The van der Waals surface area contributed by atoms with Gasteiger partial charge in [0.05, 0.1) is 18.7 Å². The maximum Gasteiger partial charge on any atom is 0.317 e. The first-order chi connectivity index (χ1) is 11.0. The molecule has 0 amide bonds. The molecule has 1 fully saturated rings. The average Bonchev–Trinajstić information content (AvgIpc) is 2.72. The van der Waals surface area contributed by atoms with Crippen LogP contribution in [0.15, 0.2) is 18.2 Å². The summed E-state index contributed by atoms with van der Waals surface area (Å²) < 4.78 is 5.18. The highest BCUT2D eigenvalue weighted by atomic mass is 35.5. The van der Waals surface area contributed by atoms with E-state index in [0.29, 0.717) is 16.8 Å². The molecule has 1 aromatic carbocycles. The fraction of sp³-hybridized carbons (Fsp3) is 0.588. The molecule has 1 aliphatic rings. The minimum absolute atomic E-state index is 0.110. The lowest BCUT2D eigenvalue weighted by molar-refractivity contribution is -0.138. The van der Waals surface area contributed by atoms with Gasteiger partial charge in [0.25, 0.3) is 0 Å². The number of halogens is 1. The molecule has 0 bridgehead atoms. The van der Waals surface area contributed by atoms with E-state index in [1.807, 2.05) is 30.1 Å². The summed E-state index contributed by atoms with van der Waals surface area (Å²) in [6.45, 7) is 2.97. The van der Waals surface area contributed by atoms with Gasteiger partial charge in [-0.15, -0.1) is 0 Å². The normalized spacial score (nSPS) is 19.6. The second kappa shape index (κ2) is 8.52. The Labute approximate surface area is 142 Å². The van der Waals surface area contributed by atoms with Crippen LogP contribution in [0.25, 0.3) is 0 Å². The first kappa shape index (κ1) is 18.0. The molecule has 128 valence electrons. The number of hydrogen-bond donors (Lipinski definition) is 1. The highest BCUT2D eigenvalue weighted by Crippen LogP contribution is 2.26. The van der Waals surface area contributed by atoms with Gasteiger partial charge in [0.1, 0.15) is 5.75 Å². The molecule has 0 aromatic heterocycles. The Morgan fingerprint density at radius 1 is 1.43 bits per heavy atom. The van der Waals surface area contributed by atoms with Crippen LogP contribution in [0, 0.1) is 0 Å². The Morgan fingerprint density at radius 2 is 2.22 bits per heavy atom. The van der Waals surface area contributed by atoms with Crippen molar-refractivity contribution in [2.75, 3.05) is 33.8 Å². The first-order valence-corrected chi connectivity index (χ1v) is 8.34. The molecule has 0 saturated carbocycles. The second-order valence-corrected chi connectivity index (χ2v) is 6.55. The maximum atomic E-state index is 10.9. The summed E-state index contributed by atoms with van der Waals surface area (Å²) in [5.41, 5.74) is 1.17. The van der Waals surface area contributed by atoms with E-state index in [0.717, 1.165) is 38.9 Å². The summed E-state index contributed by atoms with van der Waals surface area (Å²) in [7, 11) is 3.52. The van der Waals surface area contributed by atoms with Gasteiger partial charge < -0.3 is 9.84 Å². The third-order valence-corrected chi connectivity index (χ3v) is 4.72. The summed E-state index contributed by atoms with van der Waals surface area (Å²) in [5.74, 6) is -0.0666. The summed E-state index contributed by atoms with van der Waals surface area (Å²) in [5, 5.41) is 9.56. The average molecular weight is 341 g/mol. The van der Waals surface area contributed by atoms with E-state index in [9.17, 15) is 4.79 Å². The number of carboxylic acid groups (broad SMARTS) is 1. The Kier molecular flexibility index (Phi) is 6.69. The Hall–Kier alpha value is -1.30. The van der Waals surface area contributed by atoms with Crippen LogP contribution in [0.3, 0.4) is 0 Å². The fourth-order valence-electron chi connectivity index (χ4n) is 3.15. The Bertz CT molecular complexity index is 539. The molecule has 1 saturated heterocycles. The van der Waals surface area contributed by atoms with Gasteiger partial charge in [-0.25, -0.2) is 0 Å². The molecule has 1 heterocycles. The van der Waals surface area contributed by atoms with Gasteiger partial charge in [-0.3, -0.25) is 14.6 Å². The molecule has 1 N–H and O–H groups in total. The van der Waals surface area contributed by atoms with Gasteiger partial charge in [0, 0.05) is 12.6 Å². The van der Waals surface area contributed by atoms with Crippen molar-refractivity contribution in [1.82, 2.24) is 9.80 Å². The lowest BCUT2D eigenvalue weighted by Crippen LogP contribution is -2.36. The zero-order valence-electron chi connectivity index (χ0n) is 13.8. The number of hydrogen-bond acceptors (Lipinski definition) is 4. The Morgan fingerprint density at radius 3 is 2.87 bits per heavy atom. The van der Waals surface area contributed by atoms with E-state index in [2.05, 4.69) is 4.90 Å². The van der Waals surface area contributed by atoms with Crippen LogP contribution in [-0.2, 0) is 11.3 Å². The Balaban J connectivity index is 1.90. The number of carboxylic acids is 1. The van der Waals surface area contributed by atoms with Crippen LogP contribution < -0.4 is 4.74 Å². The van der Waals surface area contributed by atoms with E-state index < -0.39 is 5.97 Å². The number of rotatable bonds is 6. The number of likely N-dealkylation sites (tertiary alicyclic amines) is 1. The molecule has 1 unspecified atom stereocenters. The van der Waals surface area contributed by atoms with Gasteiger partial charge in [-0.2, -0.15) is 0 Å². The summed E-state index contributed by atoms with van der Waals surface area (Å²) in [4.78, 5) is 15.2. The van der Waals surface area contributed by atoms with Crippen molar-refractivity contribution in [1.29, 1.82) is 0 Å². The number of ether oxygens (including phenoxy) is 1.